The van der Waals surface area contributed by atoms with Gasteiger partial charge in [0.1, 0.15) is 18.3 Å². The number of carbonyl (C=O) groups excluding carboxylic acids is 1. The zero-order valence-corrected chi connectivity index (χ0v) is 14.5. The Labute approximate surface area is 141 Å². The molecule has 2 saturated heterocycles. The topological polar surface area (TPSA) is 94.8 Å². The summed E-state index contributed by atoms with van der Waals surface area (Å²) in [5.41, 5.74) is 7.85. The zero-order valence-electron chi connectivity index (χ0n) is 14.5. The lowest BCUT2D eigenvalue weighted by molar-refractivity contribution is -0.183. The van der Waals surface area contributed by atoms with Crippen molar-refractivity contribution in [2.75, 3.05) is 24.6 Å². The third-order valence-corrected chi connectivity index (χ3v) is 4.42. The van der Waals surface area contributed by atoms with E-state index in [0.29, 0.717) is 17.8 Å². The number of hydrogen-bond acceptors (Lipinski definition) is 6. The summed E-state index contributed by atoms with van der Waals surface area (Å²) in [6.07, 6.45) is -0.296. The molecule has 7 nitrogen and oxygen atoms in total. The van der Waals surface area contributed by atoms with Crippen LogP contribution in [-0.2, 0) is 14.2 Å². The van der Waals surface area contributed by atoms with Crippen molar-refractivity contribution in [1.82, 2.24) is 5.32 Å². The summed E-state index contributed by atoms with van der Waals surface area (Å²) in [5, 5.41) is 5.86. The highest BCUT2D eigenvalue weighted by atomic mass is 16.8. The van der Waals surface area contributed by atoms with Crippen LogP contribution in [0.25, 0.3) is 0 Å². The maximum atomic E-state index is 11.6. The minimum Gasteiger partial charge on any atom is -0.397 e. The average molecular weight is 335 g/mol. The molecule has 0 aliphatic carbocycles. The van der Waals surface area contributed by atoms with Gasteiger partial charge < -0.3 is 30.6 Å². The van der Waals surface area contributed by atoms with Crippen LogP contribution in [0.3, 0.4) is 0 Å². The molecule has 24 heavy (non-hydrogen) atoms. The molecule has 0 spiro atoms. The normalized spacial score (nSPS) is 30.8. The van der Waals surface area contributed by atoms with Crippen molar-refractivity contribution >= 4 is 17.3 Å². The molecule has 1 amide bonds. The molecule has 2 aliphatic heterocycles. The fraction of sp³-hybridized carbons (Fsp3) is 0.588. The summed E-state index contributed by atoms with van der Waals surface area (Å²) in [6, 6.07) is 5.18. The molecule has 1 aromatic rings. The van der Waals surface area contributed by atoms with Crippen molar-refractivity contribution in [3.8, 4) is 0 Å². The molecule has 0 saturated carbocycles. The van der Waals surface area contributed by atoms with E-state index in [9.17, 15) is 4.79 Å². The second kappa shape index (κ2) is 6.23. The quantitative estimate of drug-likeness (QED) is 0.719. The van der Waals surface area contributed by atoms with E-state index in [1.807, 2.05) is 20.8 Å². The van der Waals surface area contributed by atoms with E-state index >= 15 is 0 Å². The highest BCUT2D eigenvalue weighted by Gasteiger charge is 2.53. The fourth-order valence-electron chi connectivity index (χ4n) is 3.28. The number of nitrogens with two attached hydrogens (primary N) is 1. The average Bonchev–Trinajstić information content (AvgIpc) is 2.99. The summed E-state index contributed by atoms with van der Waals surface area (Å²) in [7, 11) is 1.59. The number of nitrogens with one attached hydrogen (secondary N) is 2. The molecule has 1 aromatic carbocycles. The van der Waals surface area contributed by atoms with Crippen molar-refractivity contribution in [2.24, 2.45) is 0 Å². The number of benzene rings is 1. The van der Waals surface area contributed by atoms with Crippen LogP contribution in [0.5, 0.6) is 0 Å². The van der Waals surface area contributed by atoms with Crippen molar-refractivity contribution < 1.29 is 19.0 Å². The molecule has 132 valence electrons. The van der Waals surface area contributed by atoms with E-state index in [1.165, 1.54) is 0 Å². The predicted octanol–water partition coefficient (Wildman–Crippen LogP) is 1.35. The Bertz CT molecular complexity index is 634. The van der Waals surface area contributed by atoms with E-state index in [-0.39, 0.29) is 30.3 Å². The molecule has 2 fully saturated rings. The molecule has 2 heterocycles. The summed E-state index contributed by atoms with van der Waals surface area (Å²) < 4.78 is 17.8. The first-order chi connectivity index (χ1) is 11.3. The standard InChI is InChI=1S/C17H25N3O4/c1-9-14-15(24-17(2,3)23-14)13(22-9)8-20-12-6-5-10(7-11(12)18)16(21)19-4/h5-7,9,13-15,20H,8,18H2,1-4H3,(H,19,21)/t9-,13?,14-,15+/m0/s1. The first-order valence-electron chi connectivity index (χ1n) is 8.17. The largest absolute Gasteiger partial charge is 0.397 e. The molecule has 7 heteroatoms. The Morgan fingerprint density at radius 1 is 1.29 bits per heavy atom. The van der Waals surface area contributed by atoms with Crippen molar-refractivity contribution in [1.29, 1.82) is 0 Å². The second-order valence-corrected chi connectivity index (χ2v) is 6.71. The number of ether oxygens (including phenoxy) is 3. The van der Waals surface area contributed by atoms with Gasteiger partial charge in [-0.1, -0.05) is 0 Å². The summed E-state index contributed by atoms with van der Waals surface area (Å²) in [6.45, 7) is 6.37. The third kappa shape index (κ3) is 3.19. The van der Waals surface area contributed by atoms with Gasteiger partial charge in [0.25, 0.3) is 5.91 Å². The number of hydrogen-bond donors (Lipinski definition) is 3. The third-order valence-electron chi connectivity index (χ3n) is 4.42. The molecule has 2 aliphatic rings. The van der Waals surface area contributed by atoms with Crippen LogP contribution in [-0.4, -0.2) is 49.7 Å². The number of fused-ring (bicyclic) bond motifs is 1. The lowest BCUT2D eigenvalue weighted by Crippen LogP contribution is -2.34. The Hall–Kier alpha value is -1.83. The van der Waals surface area contributed by atoms with Crippen molar-refractivity contribution in [3.05, 3.63) is 23.8 Å². The number of amides is 1. The summed E-state index contributed by atoms with van der Waals surface area (Å²) in [4.78, 5) is 11.6. The summed E-state index contributed by atoms with van der Waals surface area (Å²) in [5.74, 6) is -0.748. The predicted molar refractivity (Wildman–Crippen MR) is 90.9 cm³/mol. The van der Waals surface area contributed by atoms with E-state index in [4.69, 9.17) is 19.9 Å². The van der Waals surface area contributed by atoms with Gasteiger partial charge in [-0.3, -0.25) is 4.79 Å². The maximum absolute atomic E-state index is 11.6. The van der Waals surface area contributed by atoms with Crippen LogP contribution in [0.2, 0.25) is 0 Å². The van der Waals surface area contributed by atoms with Gasteiger partial charge in [0.15, 0.2) is 5.79 Å². The Morgan fingerprint density at radius 2 is 2.00 bits per heavy atom. The summed E-state index contributed by atoms with van der Waals surface area (Å²) >= 11 is 0. The van der Waals surface area contributed by atoms with Gasteiger partial charge in [-0.25, -0.2) is 0 Å². The monoisotopic (exact) mass is 335 g/mol. The highest BCUT2D eigenvalue weighted by molar-refractivity contribution is 5.95. The van der Waals surface area contributed by atoms with Gasteiger partial charge in [0, 0.05) is 19.2 Å². The lowest BCUT2D eigenvalue weighted by Gasteiger charge is -2.23. The van der Waals surface area contributed by atoms with Gasteiger partial charge in [0.2, 0.25) is 0 Å². The molecular formula is C17H25N3O4. The molecular weight excluding hydrogens is 310 g/mol. The molecule has 0 radical (unpaired) electrons. The van der Waals surface area contributed by atoms with Crippen LogP contribution in [0.4, 0.5) is 11.4 Å². The Balaban J connectivity index is 1.65. The first-order valence-corrected chi connectivity index (χ1v) is 8.17. The number of nitrogen functional groups attached to an aromatic ring is 1. The SMILES string of the molecule is CNC(=O)c1ccc(NCC2O[C@@H](C)[C@@H]3OC(C)(C)O[C@H]23)c(N)c1. The number of carbonyl (C=O) groups is 1. The van der Waals surface area contributed by atoms with Crippen LogP contribution in [0.1, 0.15) is 31.1 Å². The lowest BCUT2D eigenvalue weighted by atomic mass is 10.1. The smallest absolute Gasteiger partial charge is 0.251 e. The van der Waals surface area contributed by atoms with Crippen LogP contribution in [0.15, 0.2) is 18.2 Å². The van der Waals surface area contributed by atoms with Gasteiger partial charge in [-0.15, -0.1) is 0 Å². The van der Waals surface area contributed by atoms with Gasteiger partial charge >= 0.3 is 0 Å². The minimum atomic E-state index is -0.584. The molecule has 0 bridgehead atoms. The van der Waals surface area contributed by atoms with Gasteiger partial charge in [-0.2, -0.15) is 0 Å². The first kappa shape index (κ1) is 17.0. The second-order valence-electron chi connectivity index (χ2n) is 6.71. The minimum absolute atomic E-state index is 0.0171. The van der Waals surface area contributed by atoms with Gasteiger partial charge in [-0.05, 0) is 39.0 Å². The van der Waals surface area contributed by atoms with Gasteiger partial charge in [0.05, 0.1) is 17.5 Å². The fourth-order valence-corrected chi connectivity index (χ4v) is 3.28. The molecule has 1 unspecified atom stereocenters. The van der Waals surface area contributed by atoms with Crippen LogP contribution >= 0.6 is 0 Å². The van der Waals surface area contributed by atoms with E-state index in [2.05, 4.69) is 10.6 Å². The molecule has 4 atom stereocenters. The van der Waals surface area contributed by atoms with E-state index in [1.54, 1.807) is 25.2 Å². The highest BCUT2D eigenvalue weighted by Crippen LogP contribution is 2.38. The Morgan fingerprint density at radius 3 is 2.67 bits per heavy atom. The molecule has 0 aromatic heterocycles. The Kier molecular flexibility index (Phi) is 4.42. The molecule has 3 rings (SSSR count). The maximum Gasteiger partial charge on any atom is 0.251 e. The van der Waals surface area contributed by atoms with Crippen molar-refractivity contribution in [2.45, 2.75) is 51.0 Å². The van der Waals surface area contributed by atoms with Crippen molar-refractivity contribution in [3.63, 3.8) is 0 Å². The number of anilines is 2. The molecule has 4 N–H and O–H groups in total. The van der Waals surface area contributed by atoms with E-state index in [0.717, 1.165) is 5.69 Å². The van der Waals surface area contributed by atoms with Crippen LogP contribution < -0.4 is 16.4 Å². The number of rotatable bonds is 4. The zero-order chi connectivity index (χ0) is 17.5. The van der Waals surface area contributed by atoms with E-state index < -0.39 is 5.79 Å². The van der Waals surface area contributed by atoms with Crippen LogP contribution in [0, 0.1) is 0 Å².